The summed E-state index contributed by atoms with van der Waals surface area (Å²) >= 11 is 3.06. The highest BCUT2D eigenvalue weighted by Gasteiger charge is 2.45. The van der Waals surface area contributed by atoms with Crippen LogP contribution in [0.2, 0.25) is 0 Å². The zero-order valence-electron chi connectivity index (χ0n) is 9.69. The van der Waals surface area contributed by atoms with Crippen molar-refractivity contribution in [3.8, 4) is 0 Å². The van der Waals surface area contributed by atoms with Crippen molar-refractivity contribution in [1.82, 2.24) is 4.31 Å². The summed E-state index contributed by atoms with van der Waals surface area (Å²) in [5, 5.41) is 0. The maximum absolute atomic E-state index is 12.5. The van der Waals surface area contributed by atoms with Gasteiger partial charge in [0.15, 0.2) is 0 Å². The molecule has 0 aromatic heterocycles. The summed E-state index contributed by atoms with van der Waals surface area (Å²) in [4.78, 5) is -0.133. The summed E-state index contributed by atoms with van der Waals surface area (Å²) in [5.74, 6) is 0. The molecule has 0 amide bonds. The van der Waals surface area contributed by atoms with Crippen molar-refractivity contribution in [3.05, 3.63) is 28.7 Å². The molecule has 0 N–H and O–H groups in total. The number of sulfonamides is 1. The molecule has 0 saturated heterocycles. The van der Waals surface area contributed by atoms with E-state index in [-0.39, 0.29) is 9.37 Å². The standard InChI is InChI=1S/C11H11BrF3NO2S/c12-9-3-1-2-4-10(9)19(17,18)16(8-5-6-8)7-11(13,14)15/h1-4,8H,5-7H2. The molecule has 1 fully saturated rings. The van der Waals surface area contributed by atoms with E-state index in [0.29, 0.717) is 17.1 Å². The molecule has 0 aliphatic heterocycles. The minimum absolute atomic E-state index is 0.133. The monoisotopic (exact) mass is 357 g/mol. The number of alkyl halides is 3. The lowest BCUT2D eigenvalue weighted by Crippen LogP contribution is -2.40. The largest absolute Gasteiger partial charge is 0.402 e. The molecule has 106 valence electrons. The third-order valence-electron chi connectivity index (χ3n) is 2.71. The van der Waals surface area contributed by atoms with Gasteiger partial charge in [-0.1, -0.05) is 12.1 Å². The van der Waals surface area contributed by atoms with Crippen LogP contribution >= 0.6 is 15.9 Å². The van der Waals surface area contributed by atoms with Crippen LogP contribution in [-0.4, -0.2) is 31.5 Å². The van der Waals surface area contributed by atoms with Crippen LogP contribution < -0.4 is 0 Å². The van der Waals surface area contributed by atoms with Gasteiger partial charge in [-0.3, -0.25) is 0 Å². The van der Waals surface area contributed by atoms with Crippen molar-refractivity contribution < 1.29 is 21.6 Å². The van der Waals surface area contributed by atoms with E-state index in [9.17, 15) is 21.6 Å². The molecule has 1 aliphatic carbocycles. The van der Waals surface area contributed by atoms with Gasteiger partial charge in [0.2, 0.25) is 10.0 Å². The number of hydrogen-bond donors (Lipinski definition) is 0. The Morgan fingerprint density at radius 2 is 1.84 bits per heavy atom. The maximum Gasteiger partial charge on any atom is 0.402 e. The molecular weight excluding hydrogens is 347 g/mol. The first-order chi connectivity index (χ1) is 8.72. The van der Waals surface area contributed by atoms with Crippen LogP contribution in [0.25, 0.3) is 0 Å². The van der Waals surface area contributed by atoms with Crippen LogP contribution in [0.4, 0.5) is 13.2 Å². The summed E-state index contributed by atoms with van der Waals surface area (Å²) in [5.41, 5.74) is 0. The fourth-order valence-electron chi connectivity index (χ4n) is 1.73. The van der Waals surface area contributed by atoms with E-state index in [1.54, 1.807) is 6.07 Å². The first kappa shape index (κ1) is 14.8. The van der Waals surface area contributed by atoms with Gasteiger partial charge in [0.25, 0.3) is 0 Å². The summed E-state index contributed by atoms with van der Waals surface area (Å²) in [6.07, 6.45) is -3.60. The summed E-state index contributed by atoms with van der Waals surface area (Å²) in [7, 11) is -4.14. The van der Waals surface area contributed by atoms with Gasteiger partial charge in [0, 0.05) is 10.5 Å². The lowest BCUT2D eigenvalue weighted by Gasteiger charge is -2.23. The van der Waals surface area contributed by atoms with Crippen LogP contribution in [-0.2, 0) is 10.0 Å². The van der Waals surface area contributed by atoms with Gasteiger partial charge in [-0.2, -0.15) is 17.5 Å². The molecule has 1 saturated carbocycles. The number of halogens is 4. The number of benzene rings is 1. The molecule has 3 nitrogen and oxygen atoms in total. The van der Waals surface area contributed by atoms with Gasteiger partial charge >= 0.3 is 6.18 Å². The SMILES string of the molecule is O=S(=O)(c1ccccc1Br)N(CC(F)(F)F)C1CC1. The minimum Gasteiger partial charge on any atom is -0.207 e. The zero-order chi connectivity index (χ0) is 14.3. The van der Waals surface area contributed by atoms with Crippen LogP contribution in [0, 0.1) is 0 Å². The molecule has 0 atom stereocenters. The van der Waals surface area contributed by atoms with Crippen LogP contribution in [0.1, 0.15) is 12.8 Å². The second kappa shape index (κ2) is 5.06. The molecule has 1 aliphatic rings. The van der Waals surface area contributed by atoms with Gasteiger partial charge in [-0.15, -0.1) is 0 Å². The molecule has 1 aromatic carbocycles. The van der Waals surface area contributed by atoms with Gasteiger partial charge in [-0.25, -0.2) is 8.42 Å². The minimum atomic E-state index is -4.54. The normalized spacial score (nSPS) is 16.9. The molecule has 0 spiro atoms. The summed E-state index contributed by atoms with van der Waals surface area (Å²) < 4.78 is 63.0. The molecule has 0 bridgehead atoms. The van der Waals surface area contributed by atoms with Crippen molar-refractivity contribution in [2.75, 3.05) is 6.54 Å². The van der Waals surface area contributed by atoms with Gasteiger partial charge in [0.05, 0.1) is 4.90 Å². The zero-order valence-corrected chi connectivity index (χ0v) is 12.1. The lowest BCUT2D eigenvalue weighted by atomic mass is 10.4. The highest BCUT2D eigenvalue weighted by molar-refractivity contribution is 9.10. The molecule has 8 heteroatoms. The molecule has 2 rings (SSSR count). The molecular formula is C11H11BrF3NO2S. The van der Waals surface area contributed by atoms with E-state index >= 15 is 0 Å². The highest BCUT2D eigenvalue weighted by Crippen LogP contribution is 2.36. The Hall–Kier alpha value is -0.600. The maximum atomic E-state index is 12.5. The Kier molecular flexibility index (Phi) is 3.95. The quantitative estimate of drug-likeness (QED) is 0.829. The Morgan fingerprint density at radius 1 is 1.26 bits per heavy atom. The van der Waals surface area contributed by atoms with Crippen molar-refractivity contribution in [2.24, 2.45) is 0 Å². The van der Waals surface area contributed by atoms with E-state index in [4.69, 9.17) is 0 Å². The second-order valence-electron chi connectivity index (χ2n) is 4.33. The smallest absolute Gasteiger partial charge is 0.207 e. The molecule has 0 heterocycles. The highest BCUT2D eigenvalue weighted by atomic mass is 79.9. The Labute approximate surface area is 117 Å². The van der Waals surface area contributed by atoms with E-state index in [0.717, 1.165) is 0 Å². The average Bonchev–Trinajstić information content (AvgIpc) is 3.08. The van der Waals surface area contributed by atoms with Crippen molar-refractivity contribution in [2.45, 2.75) is 30.0 Å². The fourth-order valence-corrected chi connectivity index (χ4v) is 4.37. The van der Waals surface area contributed by atoms with Crippen molar-refractivity contribution in [3.63, 3.8) is 0 Å². The average molecular weight is 358 g/mol. The molecule has 0 unspecified atom stereocenters. The van der Waals surface area contributed by atoms with Crippen LogP contribution in [0.3, 0.4) is 0 Å². The van der Waals surface area contributed by atoms with E-state index in [1.807, 2.05) is 0 Å². The lowest BCUT2D eigenvalue weighted by molar-refractivity contribution is -0.137. The summed E-state index contributed by atoms with van der Waals surface area (Å²) in [6.45, 7) is -1.44. The van der Waals surface area contributed by atoms with Crippen LogP contribution in [0.5, 0.6) is 0 Å². The number of rotatable bonds is 4. The van der Waals surface area contributed by atoms with Crippen molar-refractivity contribution >= 4 is 26.0 Å². The third-order valence-corrected chi connectivity index (χ3v) is 5.62. The second-order valence-corrected chi connectivity index (χ2v) is 7.04. The fraction of sp³-hybridized carbons (Fsp3) is 0.455. The van der Waals surface area contributed by atoms with Crippen molar-refractivity contribution in [1.29, 1.82) is 0 Å². The Balaban J connectivity index is 2.38. The van der Waals surface area contributed by atoms with E-state index < -0.39 is 28.8 Å². The number of nitrogens with zero attached hydrogens (tertiary/aromatic N) is 1. The molecule has 19 heavy (non-hydrogen) atoms. The van der Waals surface area contributed by atoms with E-state index in [1.165, 1.54) is 18.2 Å². The topological polar surface area (TPSA) is 37.4 Å². The molecule has 0 radical (unpaired) electrons. The Bertz CT molecular complexity index is 570. The van der Waals surface area contributed by atoms with Crippen LogP contribution in [0.15, 0.2) is 33.6 Å². The third kappa shape index (κ3) is 3.49. The van der Waals surface area contributed by atoms with Gasteiger partial charge in [-0.05, 0) is 40.9 Å². The van der Waals surface area contributed by atoms with Gasteiger partial charge in [0.1, 0.15) is 6.54 Å². The predicted octanol–water partition coefficient (Wildman–Crippen LogP) is 3.16. The van der Waals surface area contributed by atoms with E-state index in [2.05, 4.69) is 15.9 Å². The number of hydrogen-bond acceptors (Lipinski definition) is 2. The van der Waals surface area contributed by atoms with Gasteiger partial charge < -0.3 is 0 Å². The predicted molar refractivity (Wildman–Crippen MR) is 67.1 cm³/mol. The summed E-state index contributed by atoms with van der Waals surface area (Å²) in [6, 6.07) is 5.33. The Morgan fingerprint density at radius 3 is 2.32 bits per heavy atom. The first-order valence-corrected chi connectivity index (χ1v) is 7.78. The molecule has 1 aromatic rings. The first-order valence-electron chi connectivity index (χ1n) is 5.55.